The van der Waals surface area contributed by atoms with E-state index in [1.807, 2.05) is 0 Å². The Morgan fingerprint density at radius 2 is 1.95 bits per heavy atom. The Hall–Kier alpha value is -1.26. The zero-order valence-electron chi connectivity index (χ0n) is 12.8. The maximum atomic E-state index is 11.9. The second-order valence-corrected chi connectivity index (χ2v) is 6.67. The molecule has 2 aliphatic heterocycles. The van der Waals surface area contributed by atoms with Crippen molar-refractivity contribution in [3.05, 3.63) is 29.3 Å². The van der Waals surface area contributed by atoms with Gasteiger partial charge in [0.1, 0.15) is 0 Å². The van der Waals surface area contributed by atoms with Crippen LogP contribution in [0.25, 0.3) is 0 Å². The number of anilines is 1. The van der Waals surface area contributed by atoms with Gasteiger partial charge >= 0.3 is 6.09 Å². The third-order valence-electron chi connectivity index (χ3n) is 4.75. The third-order valence-corrected chi connectivity index (χ3v) is 5.00. The summed E-state index contributed by atoms with van der Waals surface area (Å²) < 4.78 is 5.45. The molecule has 1 aromatic rings. The molecule has 2 heterocycles. The van der Waals surface area contributed by atoms with Crippen molar-refractivity contribution < 1.29 is 9.53 Å². The summed E-state index contributed by atoms with van der Waals surface area (Å²) in [6.45, 7) is 2.93. The maximum Gasteiger partial charge on any atom is 0.411 e. The summed E-state index contributed by atoms with van der Waals surface area (Å²) in [5, 5.41) is 3.40. The number of hydrogen-bond acceptors (Lipinski definition) is 3. The van der Waals surface area contributed by atoms with Crippen LogP contribution in [-0.4, -0.2) is 36.7 Å². The first-order valence-corrected chi connectivity index (χ1v) is 8.53. The molecule has 0 bridgehead atoms. The number of rotatable bonds is 3. The fourth-order valence-corrected chi connectivity index (χ4v) is 3.77. The van der Waals surface area contributed by atoms with Crippen LogP contribution >= 0.6 is 11.6 Å². The van der Waals surface area contributed by atoms with Gasteiger partial charge in [-0.25, -0.2) is 4.79 Å². The van der Waals surface area contributed by atoms with E-state index in [4.69, 9.17) is 16.3 Å². The highest BCUT2D eigenvalue weighted by molar-refractivity contribution is 6.30. The average molecular weight is 323 g/mol. The molecule has 0 spiro atoms. The van der Waals surface area contributed by atoms with E-state index in [0.29, 0.717) is 29.3 Å². The number of piperidine rings is 2. The Balaban J connectivity index is 1.48. The van der Waals surface area contributed by atoms with Crippen LogP contribution in [0.5, 0.6) is 0 Å². The molecule has 2 saturated heterocycles. The van der Waals surface area contributed by atoms with Crippen LogP contribution in [0.3, 0.4) is 0 Å². The summed E-state index contributed by atoms with van der Waals surface area (Å²) in [6, 6.07) is 7.64. The van der Waals surface area contributed by atoms with Crippen molar-refractivity contribution in [1.29, 1.82) is 0 Å². The zero-order valence-corrected chi connectivity index (χ0v) is 13.5. The first kappa shape index (κ1) is 15.6. The fourth-order valence-electron chi connectivity index (χ4n) is 3.64. The summed E-state index contributed by atoms with van der Waals surface area (Å²) in [5.41, 5.74) is 0.706. The highest BCUT2D eigenvalue weighted by Gasteiger charge is 2.33. The van der Waals surface area contributed by atoms with Gasteiger partial charge < -0.3 is 4.74 Å². The minimum absolute atomic E-state index is 0.379. The number of amides is 1. The number of carbonyl (C=O) groups is 1. The molecule has 0 aliphatic carbocycles. The van der Waals surface area contributed by atoms with Crippen LogP contribution in [0.4, 0.5) is 10.5 Å². The predicted molar refractivity (Wildman–Crippen MR) is 88.4 cm³/mol. The standard InChI is InChI=1S/C17H23ClN2O2/c18-14-6-8-15(9-7-14)19-17(21)22-12-13-4-3-11-20-10-2-1-5-16(13)20/h6-9,13,16H,1-5,10-12H2,(H,19,21)/t13-,16+/m1/s1. The molecule has 0 aromatic heterocycles. The van der Waals surface area contributed by atoms with Crippen molar-refractivity contribution in [2.75, 3.05) is 25.0 Å². The van der Waals surface area contributed by atoms with Gasteiger partial charge in [0, 0.05) is 22.7 Å². The Morgan fingerprint density at radius 3 is 2.77 bits per heavy atom. The molecule has 0 unspecified atom stereocenters. The van der Waals surface area contributed by atoms with Crippen molar-refractivity contribution in [2.45, 2.75) is 38.1 Å². The molecule has 22 heavy (non-hydrogen) atoms. The van der Waals surface area contributed by atoms with Gasteiger partial charge in [0.15, 0.2) is 0 Å². The Labute approximate surface area is 136 Å². The second-order valence-electron chi connectivity index (χ2n) is 6.23. The molecule has 0 radical (unpaired) electrons. The van der Waals surface area contributed by atoms with Crippen molar-refractivity contribution >= 4 is 23.4 Å². The van der Waals surface area contributed by atoms with E-state index in [-0.39, 0.29) is 6.09 Å². The molecule has 2 atom stereocenters. The molecule has 5 heteroatoms. The highest BCUT2D eigenvalue weighted by atomic mass is 35.5. The molecule has 1 N–H and O–H groups in total. The van der Waals surface area contributed by atoms with Gasteiger partial charge in [-0.1, -0.05) is 18.0 Å². The van der Waals surface area contributed by atoms with Crippen LogP contribution in [0, 0.1) is 5.92 Å². The number of fused-ring (bicyclic) bond motifs is 1. The van der Waals surface area contributed by atoms with Gasteiger partial charge in [-0.15, -0.1) is 0 Å². The van der Waals surface area contributed by atoms with Crippen LogP contribution in [-0.2, 0) is 4.74 Å². The van der Waals surface area contributed by atoms with E-state index < -0.39 is 0 Å². The summed E-state index contributed by atoms with van der Waals surface area (Å²) in [7, 11) is 0. The minimum atomic E-state index is -0.379. The lowest BCUT2D eigenvalue weighted by atomic mass is 9.84. The van der Waals surface area contributed by atoms with Crippen molar-refractivity contribution in [3.63, 3.8) is 0 Å². The van der Waals surface area contributed by atoms with Crippen LogP contribution in [0.15, 0.2) is 24.3 Å². The van der Waals surface area contributed by atoms with Gasteiger partial charge in [-0.2, -0.15) is 0 Å². The van der Waals surface area contributed by atoms with Crippen LogP contribution in [0.2, 0.25) is 5.02 Å². The van der Waals surface area contributed by atoms with E-state index in [1.54, 1.807) is 24.3 Å². The van der Waals surface area contributed by atoms with E-state index in [1.165, 1.54) is 38.8 Å². The summed E-state index contributed by atoms with van der Waals surface area (Å²) >= 11 is 5.83. The zero-order chi connectivity index (χ0) is 15.4. The smallest absolute Gasteiger partial charge is 0.411 e. The SMILES string of the molecule is O=C(Nc1ccc(Cl)cc1)OC[C@H]1CCCN2CCCC[C@@H]12. The number of hydrogen-bond donors (Lipinski definition) is 1. The highest BCUT2D eigenvalue weighted by Crippen LogP contribution is 2.31. The molecule has 2 aliphatic rings. The lowest BCUT2D eigenvalue weighted by molar-refractivity contribution is 0.0261. The molecule has 4 nitrogen and oxygen atoms in total. The average Bonchev–Trinajstić information content (AvgIpc) is 2.55. The molecule has 0 saturated carbocycles. The van der Waals surface area contributed by atoms with Gasteiger partial charge in [0.05, 0.1) is 6.61 Å². The molecular weight excluding hydrogens is 300 g/mol. The monoisotopic (exact) mass is 322 g/mol. The van der Waals surface area contributed by atoms with E-state index in [2.05, 4.69) is 10.2 Å². The van der Waals surface area contributed by atoms with Crippen LogP contribution in [0.1, 0.15) is 32.1 Å². The Morgan fingerprint density at radius 1 is 1.18 bits per heavy atom. The van der Waals surface area contributed by atoms with Gasteiger partial charge in [0.2, 0.25) is 0 Å². The lowest BCUT2D eigenvalue weighted by Gasteiger charge is -2.44. The van der Waals surface area contributed by atoms with Gasteiger partial charge in [-0.3, -0.25) is 10.2 Å². The first-order valence-electron chi connectivity index (χ1n) is 8.16. The van der Waals surface area contributed by atoms with Crippen LogP contribution < -0.4 is 5.32 Å². The topological polar surface area (TPSA) is 41.6 Å². The van der Waals surface area contributed by atoms with Gasteiger partial charge in [0.25, 0.3) is 0 Å². The summed E-state index contributed by atoms with van der Waals surface area (Å²) in [5.74, 6) is 0.477. The maximum absolute atomic E-state index is 11.9. The molecule has 1 amide bonds. The first-order chi connectivity index (χ1) is 10.7. The predicted octanol–water partition coefficient (Wildman–Crippen LogP) is 4.15. The van der Waals surface area contributed by atoms with E-state index in [9.17, 15) is 4.79 Å². The number of nitrogens with one attached hydrogen (secondary N) is 1. The number of carbonyl (C=O) groups excluding carboxylic acids is 1. The Bertz CT molecular complexity index is 504. The number of nitrogens with zero attached hydrogens (tertiary/aromatic N) is 1. The lowest BCUT2D eigenvalue weighted by Crippen LogP contribution is -2.49. The largest absolute Gasteiger partial charge is 0.449 e. The second kappa shape index (κ2) is 7.34. The quantitative estimate of drug-likeness (QED) is 0.908. The van der Waals surface area contributed by atoms with Crippen molar-refractivity contribution in [1.82, 2.24) is 4.90 Å². The van der Waals surface area contributed by atoms with Gasteiger partial charge in [-0.05, 0) is 63.0 Å². The van der Waals surface area contributed by atoms with E-state index >= 15 is 0 Å². The molecule has 3 rings (SSSR count). The summed E-state index contributed by atoms with van der Waals surface area (Å²) in [4.78, 5) is 14.5. The Kier molecular flexibility index (Phi) is 5.21. The normalized spacial score (nSPS) is 25.3. The third kappa shape index (κ3) is 3.93. The fraction of sp³-hybridized carbons (Fsp3) is 0.588. The number of halogens is 1. The molecular formula is C17H23ClN2O2. The summed E-state index contributed by atoms with van der Waals surface area (Å²) in [6.07, 6.45) is 5.84. The van der Waals surface area contributed by atoms with Crippen molar-refractivity contribution in [3.8, 4) is 0 Å². The van der Waals surface area contributed by atoms with E-state index in [0.717, 1.165) is 6.42 Å². The minimum Gasteiger partial charge on any atom is -0.449 e. The number of benzene rings is 1. The molecule has 1 aromatic carbocycles. The van der Waals surface area contributed by atoms with Crippen molar-refractivity contribution in [2.24, 2.45) is 5.92 Å². The molecule has 120 valence electrons. The number of ether oxygens (including phenoxy) is 1. The molecule has 2 fully saturated rings.